The number of benzene rings is 3. The summed E-state index contributed by atoms with van der Waals surface area (Å²) >= 11 is 6.24. The van der Waals surface area contributed by atoms with Gasteiger partial charge in [0.1, 0.15) is 23.5 Å². The van der Waals surface area contributed by atoms with Crippen molar-refractivity contribution in [2.45, 2.75) is 45.0 Å². The van der Waals surface area contributed by atoms with E-state index >= 15 is 0 Å². The van der Waals surface area contributed by atoms with Crippen molar-refractivity contribution in [3.63, 3.8) is 0 Å². The zero-order valence-corrected chi connectivity index (χ0v) is 31.1. The Bertz CT molecular complexity index is 1970. The van der Waals surface area contributed by atoms with Gasteiger partial charge in [-0.05, 0) is 82.9 Å². The molecule has 4 aromatic rings. The van der Waals surface area contributed by atoms with Crippen LogP contribution >= 0.6 is 11.6 Å². The van der Waals surface area contributed by atoms with Crippen molar-refractivity contribution in [3.8, 4) is 28.8 Å². The lowest BCUT2D eigenvalue weighted by molar-refractivity contribution is -0.148. The van der Waals surface area contributed by atoms with Crippen molar-refractivity contribution >= 4 is 35.1 Å². The number of phenols is 1. The molecule has 1 saturated heterocycles. The molecule has 2 atom stereocenters. The van der Waals surface area contributed by atoms with Gasteiger partial charge >= 0.3 is 6.03 Å². The van der Waals surface area contributed by atoms with Crippen molar-refractivity contribution in [3.05, 3.63) is 101 Å². The predicted octanol–water partition coefficient (Wildman–Crippen LogP) is 4.81. The van der Waals surface area contributed by atoms with Crippen molar-refractivity contribution in [2.24, 2.45) is 0 Å². The first-order valence-corrected chi connectivity index (χ1v) is 17.5. The van der Waals surface area contributed by atoms with Crippen LogP contribution in [0.25, 0.3) is 11.3 Å². The highest BCUT2D eigenvalue weighted by molar-refractivity contribution is 6.31. The number of carbonyl (C=O) groups excluding carboxylic acids is 3. The molecule has 3 aromatic carbocycles. The summed E-state index contributed by atoms with van der Waals surface area (Å²) in [6, 6.07) is 17.8. The maximum absolute atomic E-state index is 14.0. The number of phenolic OH excluding ortho intramolecular Hbond substituents is 1. The van der Waals surface area contributed by atoms with Gasteiger partial charge in [0.25, 0.3) is 5.91 Å². The topological polar surface area (TPSA) is 150 Å². The van der Waals surface area contributed by atoms with E-state index in [2.05, 4.69) is 33.1 Å². The van der Waals surface area contributed by atoms with Crippen LogP contribution < -0.4 is 16.1 Å². The molecule has 0 bridgehead atoms. The number of carbonyl (C=O) groups is 3. The van der Waals surface area contributed by atoms with Gasteiger partial charge in [-0.1, -0.05) is 53.8 Å². The summed E-state index contributed by atoms with van der Waals surface area (Å²) in [5, 5.41) is 21.3. The third kappa shape index (κ3) is 10.8. The standard InChI is InChI=1S/C39H44ClN7O6/c1-39(2,3)53-44-38(51)42-35(27-9-7-6-8-10-27)37(50)47-21-22-52-25-32(47)36(49)41-30-16-12-26(13-17-30)11-14-28-24-46(20-19-45(4)5)43-34(28)31-23-29(40)15-18-33(31)48/h6-10,12-13,15-18,23-24,32,35,48H,19-22,25H2,1-5H3,(H,41,49)(H2,42,44,51)/t32-,35+/m0/s1. The normalized spacial score (nSPS) is 14.9. The molecular formula is C39H44ClN7O6. The predicted molar refractivity (Wildman–Crippen MR) is 202 cm³/mol. The molecule has 0 unspecified atom stereocenters. The van der Waals surface area contributed by atoms with Crippen LogP contribution in [0, 0.1) is 11.8 Å². The summed E-state index contributed by atoms with van der Waals surface area (Å²) < 4.78 is 7.40. The van der Waals surface area contributed by atoms with Crippen LogP contribution in [0.4, 0.5) is 10.5 Å². The molecule has 1 aliphatic heterocycles. The maximum atomic E-state index is 14.0. The minimum atomic E-state index is -1.09. The number of ether oxygens (including phenoxy) is 1. The molecule has 1 aliphatic rings. The summed E-state index contributed by atoms with van der Waals surface area (Å²) in [6.07, 6.45) is 1.84. The second-order valence-electron chi connectivity index (χ2n) is 13.7. The van der Waals surface area contributed by atoms with E-state index in [0.29, 0.717) is 45.2 Å². The number of morpholine rings is 1. The Kier molecular flexibility index (Phi) is 12.8. The zero-order chi connectivity index (χ0) is 38.1. The molecule has 1 fully saturated rings. The third-order valence-corrected chi connectivity index (χ3v) is 8.30. The number of rotatable bonds is 10. The van der Waals surface area contributed by atoms with E-state index in [4.69, 9.17) is 21.2 Å². The van der Waals surface area contributed by atoms with Crippen LogP contribution in [-0.2, 0) is 25.7 Å². The fraction of sp³-hybridized carbons (Fsp3) is 0.333. The van der Waals surface area contributed by atoms with E-state index in [0.717, 1.165) is 6.54 Å². The number of urea groups is 1. The first-order chi connectivity index (χ1) is 25.3. The van der Waals surface area contributed by atoms with E-state index in [1.165, 1.54) is 11.0 Å². The van der Waals surface area contributed by atoms with Crippen LogP contribution in [0.3, 0.4) is 0 Å². The number of likely N-dealkylation sites (N-methyl/N-ethyl adjacent to an activating group) is 1. The molecule has 0 aliphatic carbocycles. The molecule has 14 heteroatoms. The molecule has 0 radical (unpaired) electrons. The summed E-state index contributed by atoms with van der Waals surface area (Å²) in [7, 11) is 3.96. The van der Waals surface area contributed by atoms with E-state index in [1.807, 2.05) is 25.2 Å². The quantitative estimate of drug-likeness (QED) is 0.134. The number of amides is 4. The molecule has 4 N–H and O–H groups in total. The number of hydroxylamine groups is 1. The second kappa shape index (κ2) is 17.4. The van der Waals surface area contributed by atoms with Gasteiger partial charge in [0, 0.05) is 41.1 Å². The highest BCUT2D eigenvalue weighted by Crippen LogP contribution is 2.33. The van der Waals surface area contributed by atoms with Crippen LogP contribution in [0.2, 0.25) is 5.02 Å². The highest BCUT2D eigenvalue weighted by Gasteiger charge is 2.37. The minimum absolute atomic E-state index is 0.0191. The SMILES string of the molecule is CN(C)CCn1cc(C#Cc2ccc(NC(=O)[C@@H]3COCCN3C(=O)[C@H](NC(=O)NOC(C)(C)C)c3ccccc3)cc2)c(-c2cc(Cl)ccc2O)n1. The average molecular weight is 742 g/mol. The first kappa shape index (κ1) is 38.8. The van der Waals surface area contributed by atoms with Crippen molar-refractivity contribution < 1.29 is 29.1 Å². The van der Waals surface area contributed by atoms with Gasteiger partial charge in [0.05, 0.1) is 30.9 Å². The highest BCUT2D eigenvalue weighted by atomic mass is 35.5. The average Bonchev–Trinajstić information content (AvgIpc) is 3.55. The number of nitrogens with zero attached hydrogens (tertiary/aromatic N) is 4. The van der Waals surface area contributed by atoms with Crippen LogP contribution in [0.1, 0.15) is 43.5 Å². The van der Waals surface area contributed by atoms with Crippen molar-refractivity contribution in [1.82, 2.24) is 30.4 Å². The molecule has 4 amide bonds. The fourth-order valence-corrected chi connectivity index (χ4v) is 5.54. The third-order valence-electron chi connectivity index (χ3n) is 8.07. The smallest absolute Gasteiger partial charge is 0.339 e. The van der Waals surface area contributed by atoms with E-state index in [1.54, 1.807) is 92.2 Å². The van der Waals surface area contributed by atoms with Crippen LogP contribution in [0.5, 0.6) is 5.75 Å². The number of aromatic nitrogens is 2. The van der Waals surface area contributed by atoms with Crippen molar-refractivity contribution in [1.29, 1.82) is 0 Å². The maximum Gasteiger partial charge on any atom is 0.339 e. The molecule has 2 heterocycles. The molecule has 0 saturated carbocycles. The summed E-state index contributed by atoms with van der Waals surface area (Å²) in [6.45, 7) is 7.08. The van der Waals surface area contributed by atoms with Gasteiger partial charge in [0.2, 0.25) is 5.91 Å². The molecule has 13 nitrogen and oxygen atoms in total. The fourth-order valence-electron chi connectivity index (χ4n) is 5.37. The Morgan fingerprint density at radius 3 is 2.51 bits per heavy atom. The van der Waals surface area contributed by atoms with Gasteiger partial charge in [-0.15, -0.1) is 0 Å². The van der Waals surface area contributed by atoms with E-state index in [9.17, 15) is 19.5 Å². The number of halogens is 1. The lowest BCUT2D eigenvalue weighted by Gasteiger charge is -2.37. The van der Waals surface area contributed by atoms with Gasteiger partial charge in [0.15, 0.2) is 0 Å². The summed E-state index contributed by atoms with van der Waals surface area (Å²) in [5.74, 6) is 5.46. The van der Waals surface area contributed by atoms with Gasteiger partial charge in [-0.3, -0.25) is 19.1 Å². The summed E-state index contributed by atoms with van der Waals surface area (Å²) in [4.78, 5) is 49.3. The number of hydrogen-bond donors (Lipinski definition) is 4. The van der Waals surface area contributed by atoms with E-state index < -0.39 is 35.5 Å². The minimum Gasteiger partial charge on any atom is -0.507 e. The Morgan fingerprint density at radius 2 is 1.81 bits per heavy atom. The van der Waals surface area contributed by atoms with Crippen LogP contribution in [0.15, 0.2) is 79.0 Å². The number of nitrogens with one attached hydrogen (secondary N) is 3. The lowest BCUT2D eigenvalue weighted by Crippen LogP contribution is -2.57. The molecule has 278 valence electrons. The Balaban J connectivity index is 1.31. The van der Waals surface area contributed by atoms with Gasteiger partial charge in [-0.2, -0.15) is 5.10 Å². The molecule has 1 aromatic heterocycles. The van der Waals surface area contributed by atoms with E-state index in [-0.39, 0.29) is 25.5 Å². The van der Waals surface area contributed by atoms with Crippen LogP contribution in [-0.4, -0.2) is 94.6 Å². The second-order valence-corrected chi connectivity index (χ2v) is 14.1. The monoisotopic (exact) mass is 741 g/mol. The summed E-state index contributed by atoms with van der Waals surface area (Å²) in [5.41, 5.74) is 5.01. The molecule has 53 heavy (non-hydrogen) atoms. The molecule has 5 rings (SSSR count). The number of anilines is 1. The number of hydrogen-bond acceptors (Lipinski definition) is 8. The number of aromatic hydroxyl groups is 1. The largest absolute Gasteiger partial charge is 0.507 e. The first-order valence-electron chi connectivity index (χ1n) is 17.1. The Labute approximate surface area is 314 Å². The zero-order valence-electron chi connectivity index (χ0n) is 30.4. The van der Waals surface area contributed by atoms with Gasteiger partial charge < -0.3 is 30.3 Å². The van der Waals surface area contributed by atoms with Gasteiger partial charge in [-0.25, -0.2) is 10.3 Å². The molecular weight excluding hydrogens is 698 g/mol. The molecule has 0 spiro atoms. The Hall–Kier alpha value is -5.39. The Morgan fingerprint density at radius 1 is 1.08 bits per heavy atom. The lowest BCUT2D eigenvalue weighted by atomic mass is 10.0. The van der Waals surface area contributed by atoms with Crippen molar-refractivity contribution in [2.75, 3.05) is 45.7 Å².